The monoisotopic (exact) mass is 192 g/mol. The lowest BCUT2D eigenvalue weighted by Gasteiger charge is -2.00. The topological polar surface area (TPSA) is 25.8 Å². The Bertz CT molecular complexity index is 280. The molecule has 0 aliphatic heterocycles. The van der Waals surface area contributed by atoms with Crippen LogP contribution in [0.25, 0.3) is 0 Å². The van der Waals surface area contributed by atoms with Crippen molar-refractivity contribution < 1.29 is 4.39 Å². The fourth-order valence-electron chi connectivity index (χ4n) is 0.635. The van der Waals surface area contributed by atoms with E-state index >= 15 is 0 Å². The molecule has 5 heteroatoms. The van der Waals surface area contributed by atoms with Gasteiger partial charge >= 0.3 is 0 Å². The van der Waals surface area contributed by atoms with Gasteiger partial charge in [0.2, 0.25) is 5.28 Å². The van der Waals surface area contributed by atoms with Gasteiger partial charge in [0.05, 0.1) is 5.69 Å². The molecule has 11 heavy (non-hydrogen) atoms. The standard InChI is InChI=1S/C6H6ClFN2S/c1-3-4(8)5(11-2)10-6(7)9-3/h1-2H3. The fraction of sp³-hybridized carbons (Fsp3) is 0.333. The summed E-state index contributed by atoms with van der Waals surface area (Å²) in [6.07, 6.45) is 1.74. The third kappa shape index (κ3) is 1.81. The number of halogens is 2. The van der Waals surface area contributed by atoms with Crippen LogP contribution in [-0.2, 0) is 0 Å². The minimum Gasteiger partial charge on any atom is -0.220 e. The first kappa shape index (κ1) is 8.74. The van der Waals surface area contributed by atoms with E-state index in [0.29, 0.717) is 5.03 Å². The highest BCUT2D eigenvalue weighted by molar-refractivity contribution is 7.98. The summed E-state index contributed by atoms with van der Waals surface area (Å²) in [6.45, 7) is 1.56. The number of nitrogens with zero attached hydrogens (tertiary/aromatic N) is 2. The van der Waals surface area contributed by atoms with Gasteiger partial charge < -0.3 is 0 Å². The lowest BCUT2D eigenvalue weighted by atomic mass is 10.4. The highest BCUT2D eigenvalue weighted by atomic mass is 35.5. The number of aromatic nitrogens is 2. The predicted octanol–water partition coefficient (Wildman–Crippen LogP) is 2.30. The van der Waals surface area contributed by atoms with Crippen molar-refractivity contribution in [1.82, 2.24) is 9.97 Å². The van der Waals surface area contributed by atoms with Gasteiger partial charge in [0.25, 0.3) is 0 Å². The second kappa shape index (κ2) is 3.36. The first-order chi connectivity index (χ1) is 5.15. The summed E-state index contributed by atoms with van der Waals surface area (Å²) in [7, 11) is 0. The number of thioether (sulfide) groups is 1. The maximum Gasteiger partial charge on any atom is 0.223 e. The van der Waals surface area contributed by atoms with Gasteiger partial charge in [-0.25, -0.2) is 14.4 Å². The molecule has 1 rings (SSSR count). The Balaban J connectivity index is 3.24. The third-order valence-corrected chi connectivity index (χ3v) is 1.98. The van der Waals surface area contributed by atoms with Crippen molar-refractivity contribution in [2.24, 2.45) is 0 Å². The lowest BCUT2D eigenvalue weighted by molar-refractivity contribution is 0.567. The Hall–Kier alpha value is -0.350. The van der Waals surface area contributed by atoms with Crippen LogP contribution in [0.2, 0.25) is 5.28 Å². The van der Waals surface area contributed by atoms with E-state index in [1.54, 1.807) is 13.2 Å². The highest BCUT2D eigenvalue weighted by Gasteiger charge is 2.08. The minimum absolute atomic E-state index is 0.0910. The van der Waals surface area contributed by atoms with Crippen LogP contribution < -0.4 is 0 Å². The van der Waals surface area contributed by atoms with Crippen LogP contribution in [0.5, 0.6) is 0 Å². The zero-order valence-corrected chi connectivity index (χ0v) is 7.63. The largest absolute Gasteiger partial charge is 0.223 e. The molecule has 0 saturated heterocycles. The van der Waals surface area contributed by atoms with E-state index < -0.39 is 0 Å². The van der Waals surface area contributed by atoms with Crippen LogP contribution in [0.15, 0.2) is 5.03 Å². The van der Waals surface area contributed by atoms with E-state index in [9.17, 15) is 4.39 Å². The second-order valence-electron chi connectivity index (χ2n) is 1.90. The molecule has 1 aromatic rings. The molecule has 0 amide bonds. The van der Waals surface area contributed by atoms with Gasteiger partial charge in [-0.1, -0.05) is 0 Å². The Labute approximate surface area is 73.2 Å². The van der Waals surface area contributed by atoms with E-state index in [1.807, 2.05) is 0 Å². The summed E-state index contributed by atoms with van der Waals surface area (Å²) in [6, 6.07) is 0. The van der Waals surface area contributed by atoms with Gasteiger partial charge in [-0.3, -0.25) is 0 Å². The van der Waals surface area contributed by atoms with E-state index in [-0.39, 0.29) is 16.8 Å². The van der Waals surface area contributed by atoms with Crippen LogP contribution in [0.1, 0.15) is 5.69 Å². The summed E-state index contributed by atoms with van der Waals surface area (Å²) in [5.74, 6) is -0.387. The van der Waals surface area contributed by atoms with Gasteiger partial charge in [0.1, 0.15) is 5.03 Å². The average molecular weight is 193 g/mol. The maximum atomic E-state index is 13.0. The number of aryl methyl sites for hydroxylation is 1. The van der Waals surface area contributed by atoms with E-state index in [4.69, 9.17) is 11.6 Å². The molecule has 0 N–H and O–H groups in total. The third-order valence-electron chi connectivity index (χ3n) is 1.15. The molecule has 0 spiro atoms. The molecule has 0 aromatic carbocycles. The van der Waals surface area contributed by atoms with Crippen LogP contribution in [-0.4, -0.2) is 16.2 Å². The van der Waals surface area contributed by atoms with Crippen molar-refractivity contribution in [3.63, 3.8) is 0 Å². The summed E-state index contributed by atoms with van der Waals surface area (Å²) in [5, 5.41) is 0.385. The van der Waals surface area contributed by atoms with Crippen LogP contribution in [0.3, 0.4) is 0 Å². The van der Waals surface area contributed by atoms with Crippen molar-refractivity contribution in [2.45, 2.75) is 11.9 Å². The van der Waals surface area contributed by atoms with Crippen molar-refractivity contribution in [2.75, 3.05) is 6.26 Å². The predicted molar refractivity (Wildman–Crippen MR) is 43.5 cm³/mol. The Morgan fingerprint density at radius 2 is 2.09 bits per heavy atom. The van der Waals surface area contributed by atoms with Crippen LogP contribution >= 0.6 is 23.4 Å². The molecular formula is C6H6ClFN2S. The quantitative estimate of drug-likeness (QED) is 0.388. The van der Waals surface area contributed by atoms with Crippen molar-refractivity contribution in [3.8, 4) is 0 Å². The fourth-order valence-corrected chi connectivity index (χ4v) is 1.40. The first-order valence-electron chi connectivity index (χ1n) is 2.88. The first-order valence-corrected chi connectivity index (χ1v) is 4.49. The molecule has 2 nitrogen and oxygen atoms in total. The smallest absolute Gasteiger partial charge is 0.220 e. The average Bonchev–Trinajstić information content (AvgIpc) is 1.96. The molecule has 0 aliphatic carbocycles. The number of rotatable bonds is 1. The summed E-state index contributed by atoms with van der Waals surface area (Å²) < 4.78 is 13.0. The zero-order valence-electron chi connectivity index (χ0n) is 6.06. The number of hydrogen-bond acceptors (Lipinski definition) is 3. The lowest BCUT2D eigenvalue weighted by Crippen LogP contribution is -1.95. The normalized spacial score (nSPS) is 10.2. The van der Waals surface area contributed by atoms with Gasteiger partial charge in [-0.15, -0.1) is 11.8 Å². The summed E-state index contributed by atoms with van der Waals surface area (Å²) in [5.41, 5.74) is 0.286. The SMILES string of the molecule is CSc1nc(Cl)nc(C)c1F. The molecule has 0 saturated carbocycles. The van der Waals surface area contributed by atoms with Crippen molar-refractivity contribution >= 4 is 23.4 Å². The van der Waals surface area contributed by atoms with Gasteiger partial charge in [-0.05, 0) is 24.8 Å². The minimum atomic E-state index is -0.387. The number of hydrogen-bond donors (Lipinski definition) is 0. The van der Waals surface area contributed by atoms with Crippen molar-refractivity contribution in [1.29, 1.82) is 0 Å². The molecule has 60 valence electrons. The van der Waals surface area contributed by atoms with Crippen molar-refractivity contribution in [3.05, 3.63) is 16.8 Å². The zero-order chi connectivity index (χ0) is 8.43. The molecule has 1 heterocycles. The van der Waals surface area contributed by atoms with Gasteiger partial charge in [0.15, 0.2) is 5.82 Å². The van der Waals surface area contributed by atoms with E-state index in [2.05, 4.69) is 9.97 Å². The molecule has 1 aromatic heterocycles. The summed E-state index contributed by atoms with van der Waals surface area (Å²) >= 11 is 6.71. The van der Waals surface area contributed by atoms with E-state index in [1.165, 1.54) is 11.8 Å². The molecule has 0 fully saturated rings. The Morgan fingerprint density at radius 3 is 2.64 bits per heavy atom. The van der Waals surface area contributed by atoms with Crippen LogP contribution in [0.4, 0.5) is 4.39 Å². The Kier molecular flexibility index (Phi) is 2.67. The molecule has 0 aliphatic rings. The van der Waals surface area contributed by atoms with E-state index in [0.717, 1.165) is 0 Å². The molecular weight excluding hydrogens is 187 g/mol. The van der Waals surface area contributed by atoms with Crippen LogP contribution in [0, 0.1) is 12.7 Å². The highest BCUT2D eigenvalue weighted by Crippen LogP contribution is 2.19. The maximum absolute atomic E-state index is 13.0. The molecule has 0 radical (unpaired) electrons. The van der Waals surface area contributed by atoms with Gasteiger partial charge in [0, 0.05) is 0 Å². The van der Waals surface area contributed by atoms with Gasteiger partial charge in [-0.2, -0.15) is 0 Å². The molecule has 0 unspecified atom stereocenters. The summed E-state index contributed by atoms with van der Waals surface area (Å²) in [4.78, 5) is 7.34. The molecule has 0 bridgehead atoms. The Morgan fingerprint density at radius 1 is 1.45 bits per heavy atom. The second-order valence-corrected chi connectivity index (χ2v) is 3.03. The molecule has 0 atom stereocenters.